The van der Waals surface area contributed by atoms with Crippen LogP contribution < -0.4 is 0 Å². The fraction of sp³-hybridized carbons (Fsp3) is 0.667. The smallest absolute Gasteiger partial charge is 0.412 e. The molecule has 2 rings (SSSR count). The number of amides is 1. The Labute approximate surface area is 157 Å². The highest BCUT2D eigenvalue weighted by Gasteiger charge is 2.45. The van der Waals surface area contributed by atoms with Crippen LogP contribution in [-0.2, 0) is 20.8 Å². The Kier molecular flexibility index (Phi) is 7.07. The number of ether oxygens (including phenoxy) is 3. The molecular formula is C21H33NO4. The van der Waals surface area contributed by atoms with Crippen molar-refractivity contribution in [2.75, 3.05) is 13.2 Å². The molecule has 1 atom stereocenters. The second kappa shape index (κ2) is 8.87. The van der Waals surface area contributed by atoms with E-state index in [0.717, 1.165) is 25.9 Å². The SMILES string of the molecule is CC(C)(C)OC(=O)N1C(CCCCOCc2ccccc2)COC1(C)C. The maximum absolute atomic E-state index is 12.6. The molecule has 1 aromatic rings. The molecule has 1 heterocycles. The molecule has 1 fully saturated rings. The molecule has 1 aliphatic rings. The van der Waals surface area contributed by atoms with Gasteiger partial charge in [0, 0.05) is 6.61 Å². The van der Waals surface area contributed by atoms with Gasteiger partial charge < -0.3 is 14.2 Å². The minimum atomic E-state index is -0.628. The number of carbonyl (C=O) groups excluding carboxylic acids is 1. The summed E-state index contributed by atoms with van der Waals surface area (Å²) >= 11 is 0. The van der Waals surface area contributed by atoms with Crippen LogP contribution in [0, 0.1) is 0 Å². The number of carbonyl (C=O) groups is 1. The highest BCUT2D eigenvalue weighted by molar-refractivity contribution is 5.69. The molecule has 0 spiro atoms. The van der Waals surface area contributed by atoms with E-state index >= 15 is 0 Å². The summed E-state index contributed by atoms with van der Waals surface area (Å²) in [6.45, 7) is 11.4. The van der Waals surface area contributed by atoms with E-state index in [-0.39, 0.29) is 12.1 Å². The van der Waals surface area contributed by atoms with Crippen molar-refractivity contribution in [1.82, 2.24) is 4.90 Å². The molecule has 1 unspecified atom stereocenters. The van der Waals surface area contributed by atoms with Crippen LogP contribution in [0.25, 0.3) is 0 Å². The maximum Gasteiger partial charge on any atom is 0.412 e. The maximum atomic E-state index is 12.6. The topological polar surface area (TPSA) is 48.0 Å². The van der Waals surface area contributed by atoms with Crippen LogP contribution in [0.3, 0.4) is 0 Å². The second-order valence-electron chi connectivity index (χ2n) is 8.30. The van der Waals surface area contributed by atoms with Crippen molar-refractivity contribution in [3.05, 3.63) is 35.9 Å². The fourth-order valence-electron chi connectivity index (χ4n) is 3.12. The standard InChI is InChI=1S/C21H33NO4/c1-20(2,3)26-19(23)22-18(16-25-21(22,4)5)13-9-10-14-24-15-17-11-7-6-8-12-17/h6-8,11-12,18H,9-10,13-16H2,1-5H3. The van der Waals surface area contributed by atoms with Gasteiger partial charge in [-0.15, -0.1) is 0 Å². The van der Waals surface area contributed by atoms with Crippen LogP contribution in [-0.4, -0.2) is 41.6 Å². The Bertz CT molecular complexity index is 565. The van der Waals surface area contributed by atoms with Gasteiger partial charge in [-0.05, 0) is 59.4 Å². The van der Waals surface area contributed by atoms with Gasteiger partial charge in [0.2, 0.25) is 0 Å². The summed E-state index contributed by atoms with van der Waals surface area (Å²) in [6, 6.07) is 10.2. The van der Waals surface area contributed by atoms with Gasteiger partial charge in [-0.25, -0.2) is 4.79 Å². The van der Waals surface area contributed by atoms with Crippen molar-refractivity contribution >= 4 is 6.09 Å². The zero-order valence-electron chi connectivity index (χ0n) is 16.8. The minimum Gasteiger partial charge on any atom is -0.444 e. The van der Waals surface area contributed by atoms with Crippen molar-refractivity contribution in [2.45, 2.75) is 77.9 Å². The third-order valence-electron chi connectivity index (χ3n) is 4.35. The van der Waals surface area contributed by atoms with Crippen LogP contribution >= 0.6 is 0 Å². The average molecular weight is 363 g/mol. The van der Waals surface area contributed by atoms with Gasteiger partial charge in [0.05, 0.1) is 19.3 Å². The Hall–Kier alpha value is -1.59. The molecule has 0 aliphatic carbocycles. The summed E-state index contributed by atoms with van der Waals surface area (Å²) < 4.78 is 17.1. The van der Waals surface area contributed by atoms with Crippen molar-refractivity contribution in [2.24, 2.45) is 0 Å². The quantitative estimate of drug-likeness (QED) is 0.656. The summed E-state index contributed by atoms with van der Waals surface area (Å²) in [6.07, 6.45) is 2.53. The second-order valence-corrected chi connectivity index (χ2v) is 8.30. The molecule has 1 aliphatic heterocycles. The first kappa shape index (κ1) is 20.7. The van der Waals surface area contributed by atoms with Crippen molar-refractivity contribution in [1.29, 1.82) is 0 Å². The van der Waals surface area contributed by atoms with E-state index in [0.29, 0.717) is 13.2 Å². The molecule has 146 valence electrons. The van der Waals surface area contributed by atoms with Gasteiger partial charge >= 0.3 is 6.09 Å². The van der Waals surface area contributed by atoms with E-state index in [9.17, 15) is 4.79 Å². The van der Waals surface area contributed by atoms with Gasteiger partial charge in [0.15, 0.2) is 0 Å². The Balaban J connectivity index is 1.74. The van der Waals surface area contributed by atoms with Gasteiger partial charge in [-0.2, -0.15) is 0 Å². The Morgan fingerprint density at radius 3 is 2.58 bits per heavy atom. The van der Waals surface area contributed by atoms with E-state index in [1.54, 1.807) is 4.90 Å². The van der Waals surface area contributed by atoms with E-state index in [2.05, 4.69) is 12.1 Å². The summed E-state index contributed by atoms with van der Waals surface area (Å²) in [7, 11) is 0. The zero-order valence-corrected chi connectivity index (χ0v) is 16.8. The Morgan fingerprint density at radius 1 is 1.23 bits per heavy atom. The molecule has 5 nitrogen and oxygen atoms in total. The van der Waals surface area contributed by atoms with E-state index in [1.807, 2.05) is 52.8 Å². The first-order valence-electron chi connectivity index (χ1n) is 9.47. The van der Waals surface area contributed by atoms with E-state index < -0.39 is 11.3 Å². The predicted molar refractivity (Wildman–Crippen MR) is 102 cm³/mol. The third-order valence-corrected chi connectivity index (χ3v) is 4.35. The summed E-state index contributed by atoms with van der Waals surface area (Å²) in [4.78, 5) is 14.3. The lowest BCUT2D eigenvalue weighted by Gasteiger charge is -2.35. The zero-order chi connectivity index (χ0) is 19.2. The third kappa shape index (κ3) is 6.29. The highest BCUT2D eigenvalue weighted by Crippen LogP contribution is 2.31. The first-order chi connectivity index (χ1) is 12.2. The van der Waals surface area contributed by atoms with Crippen LogP contribution in [0.15, 0.2) is 30.3 Å². The summed E-state index contributed by atoms with van der Waals surface area (Å²) in [5.74, 6) is 0. The molecule has 0 aromatic heterocycles. The largest absolute Gasteiger partial charge is 0.444 e. The lowest BCUT2D eigenvalue weighted by atomic mass is 10.1. The molecule has 0 bridgehead atoms. The number of hydrogen-bond acceptors (Lipinski definition) is 4. The summed E-state index contributed by atoms with van der Waals surface area (Å²) in [5, 5.41) is 0. The molecule has 26 heavy (non-hydrogen) atoms. The van der Waals surface area contributed by atoms with Gasteiger partial charge in [-0.1, -0.05) is 30.3 Å². The molecule has 0 radical (unpaired) electrons. The molecule has 5 heteroatoms. The van der Waals surface area contributed by atoms with Crippen LogP contribution in [0.1, 0.15) is 59.4 Å². The number of nitrogens with zero attached hydrogens (tertiary/aromatic N) is 1. The van der Waals surface area contributed by atoms with Crippen molar-refractivity contribution in [3.8, 4) is 0 Å². The van der Waals surface area contributed by atoms with Gasteiger partial charge in [0.25, 0.3) is 0 Å². The van der Waals surface area contributed by atoms with Crippen molar-refractivity contribution < 1.29 is 19.0 Å². The molecule has 1 aromatic carbocycles. The van der Waals surface area contributed by atoms with Gasteiger partial charge in [0.1, 0.15) is 11.3 Å². The first-order valence-corrected chi connectivity index (χ1v) is 9.47. The van der Waals surface area contributed by atoms with E-state index in [4.69, 9.17) is 14.2 Å². The van der Waals surface area contributed by atoms with Crippen molar-refractivity contribution in [3.63, 3.8) is 0 Å². The molecule has 0 N–H and O–H groups in total. The van der Waals surface area contributed by atoms with Crippen LogP contribution in [0.4, 0.5) is 4.79 Å². The molecule has 1 saturated heterocycles. The predicted octanol–water partition coefficient (Wildman–Crippen LogP) is 4.75. The Morgan fingerprint density at radius 2 is 1.92 bits per heavy atom. The fourth-order valence-corrected chi connectivity index (χ4v) is 3.12. The normalized spacial score (nSPS) is 19.6. The number of unbranched alkanes of at least 4 members (excludes halogenated alkanes) is 1. The number of benzene rings is 1. The highest BCUT2D eigenvalue weighted by atomic mass is 16.6. The average Bonchev–Trinajstić information content (AvgIpc) is 2.85. The lowest BCUT2D eigenvalue weighted by Crippen LogP contribution is -2.49. The molecule has 1 amide bonds. The lowest BCUT2D eigenvalue weighted by molar-refractivity contribution is -0.0627. The van der Waals surface area contributed by atoms with Crippen LogP contribution in [0.2, 0.25) is 0 Å². The van der Waals surface area contributed by atoms with E-state index in [1.165, 1.54) is 5.56 Å². The monoisotopic (exact) mass is 363 g/mol. The number of hydrogen-bond donors (Lipinski definition) is 0. The number of rotatable bonds is 7. The van der Waals surface area contributed by atoms with Gasteiger partial charge in [-0.3, -0.25) is 4.90 Å². The minimum absolute atomic E-state index is 0.0500. The van der Waals surface area contributed by atoms with Crippen LogP contribution in [0.5, 0.6) is 0 Å². The molecular weight excluding hydrogens is 330 g/mol. The summed E-state index contributed by atoms with van der Waals surface area (Å²) in [5.41, 5.74) is 0.0529. The molecule has 0 saturated carbocycles.